The number of rotatable bonds is 1. The topological polar surface area (TPSA) is 32.3 Å². The summed E-state index contributed by atoms with van der Waals surface area (Å²) in [4.78, 5) is 13.8. The van der Waals surface area contributed by atoms with Gasteiger partial charge in [0.25, 0.3) is 0 Å². The van der Waals surface area contributed by atoms with E-state index in [-0.39, 0.29) is 0 Å². The lowest BCUT2D eigenvalue weighted by Crippen LogP contribution is -2.51. The lowest BCUT2D eigenvalue weighted by atomic mass is 9.95. The van der Waals surface area contributed by atoms with Gasteiger partial charge in [-0.1, -0.05) is 0 Å². The van der Waals surface area contributed by atoms with Crippen molar-refractivity contribution in [3.05, 3.63) is 21.9 Å². The van der Waals surface area contributed by atoms with E-state index in [1.807, 2.05) is 0 Å². The predicted molar refractivity (Wildman–Crippen MR) is 64.5 cm³/mol. The van der Waals surface area contributed by atoms with E-state index in [1.165, 1.54) is 11.1 Å². The molecule has 2 aliphatic rings. The molecule has 2 atom stereocenters. The van der Waals surface area contributed by atoms with Crippen LogP contribution in [0.5, 0.6) is 0 Å². The summed E-state index contributed by atoms with van der Waals surface area (Å²) in [5.41, 5.74) is 2.73. The fourth-order valence-electron chi connectivity index (χ4n) is 2.88. The Hall–Kier alpha value is -0.870. The van der Waals surface area contributed by atoms with Gasteiger partial charge in [-0.3, -0.25) is 4.79 Å². The predicted octanol–water partition coefficient (Wildman–Crippen LogP) is 1.69. The van der Waals surface area contributed by atoms with E-state index in [2.05, 4.69) is 27.9 Å². The molecule has 1 amide bonds. The molecule has 2 fully saturated rings. The molecule has 3 nitrogen and oxygen atoms in total. The zero-order valence-corrected chi connectivity index (χ0v) is 10.2. The van der Waals surface area contributed by atoms with Crippen LogP contribution in [0.4, 0.5) is 0 Å². The molecule has 0 bridgehead atoms. The molecule has 0 unspecified atom stereocenters. The maximum Gasteiger partial charge on any atom is 0.223 e. The Bertz CT molecular complexity index is 415. The molecule has 16 heavy (non-hydrogen) atoms. The Labute approximate surface area is 99.5 Å². The smallest absolute Gasteiger partial charge is 0.223 e. The number of hydrogen-bond acceptors (Lipinski definition) is 3. The minimum atomic E-state index is 0.337. The third-order valence-electron chi connectivity index (χ3n) is 3.71. The largest absolute Gasteiger partial charge is 0.337 e. The van der Waals surface area contributed by atoms with E-state index in [0.29, 0.717) is 18.0 Å². The van der Waals surface area contributed by atoms with Crippen molar-refractivity contribution < 1.29 is 4.79 Å². The first kappa shape index (κ1) is 10.3. The third-order valence-corrected chi connectivity index (χ3v) is 4.59. The molecule has 3 rings (SSSR count). The van der Waals surface area contributed by atoms with Gasteiger partial charge in [0.1, 0.15) is 0 Å². The van der Waals surface area contributed by atoms with Gasteiger partial charge in [0.2, 0.25) is 5.91 Å². The zero-order valence-electron chi connectivity index (χ0n) is 9.40. The number of carbonyl (C=O) groups is 1. The summed E-state index contributed by atoms with van der Waals surface area (Å²) in [6.45, 7) is 3.95. The van der Waals surface area contributed by atoms with Gasteiger partial charge in [0.05, 0.1) is 12.1 Å². The number of aryl methyl sites for hydroxylation is 1. The van der Waals surface area contributed by atoms with Crippen LogP contribution >= 0.6 is 11.3 Å². The number of carbonyl (C=O) groups excluding carboxylic acids is 1. The van der Waals surface area contributed by atoms with Gasteiger partial charge in [-0.05, 0) is 35.2 Å². The summed E-state index contributed by atoms with van der Waals surface area (Å²) in [6.07, 6.45) is 1.73. The molecule has 86 valence electrons. The van der Waals surface area contributed by atoms with Crippen LogP contribution in [-0.4, -0.2) is 29.9 Å². The summed E-state index contributed by atoms with van der Waals surface area (Å²) < 4.78 is 0. The lowest BCUT2D eigenvalue weighted by molar-refractivity contribution is -0.130. The summed E-state index contributed by atoms with van der Waals surface area (Å²) >= 11 is 1.75. The summed E-state index contributed by atoms with van der Waals surface area (Å²) in [5.74, 6) is 0.337. The maximum atomic E-state index is 11.7. The average molecular weight is 236 g/mol. The minimum absolute atomic E-state index is 0.337. The van der Waals surface area contributed by atoms with Crippen molar-refractivity contribution in [2.24, 2.45) is 0 Å². The standard InChI is InChI=1S/C12H16N2OS/c1-8-6-16-7-9(8)12-10-2-3-11(15)14(10)5-4-13-12/h6-7,10,12-13H,2-5H2,1H3/t10-,12+/m0/s1. The second-order valence-corrected chi connectivity index (χ2v) is 5.38. The van der Waals surface area contributed by atoms with Crippen molar-refractivity contribution >= 4 is 17.2 Å². The highest BCUT2D eigenvalue weighted by Crippen LogP contribution is 2.34. The van der Waals surface area contributed by atoms with Gasteiger partial charge in [0.15, 0.2) is 0 Å². The van der Waals surface area contributed by atoms with Crippen LogP contribution in [0.1, 0.15) is 30.0 Å². The zero-order chi connectivity index (χ0) is 11.1. The number of fused-ring (bicyclic) bond motifs is 1. The van der Waals surface area contributed by atoms with Gasteiger partial charge >= 0.3 is 0 Å². The summed E-state index contributed by atoms with van der Waals surface area (Å²) in [6, 6.07) is 0.737. The first-order chi connectivity index (χ1) is 7.77. The quantitative estimate of drug-likeness (QED) is 0.805. The second kappa shape index (κ2) is 3.86. The molecule has 0 saturated carbocycles. The Balaban J connectivity index is 1.91. The fraction of sp³-hybridized carbons (Fsp3) is 0.583. The Kier molecular flexibility index (Phi) is 2.48. The number of hydrogen-bond donors (Lipinski definition) is 1. The van der Waals surface area contributed by atoms with Gasteiger partial charge < -0.3 is 10.2 Å². The van der Waals surface area contributed by atoms with Gasteiger partial charge in [-0.2, -0.15) is 11.3 Å². The molecule has 0 spiro atoms. The van der Waals surface area contributed by atoms with E-state index in [9.17, 15) is 4.79 Å². The van der Waals surface area contributed by atoms with Crippen LogP contribution in [0.2, 0.25) is 0 Å². The molecule has 3 heterocycles. The SMILES string of the molecule is Cc1cscc1[C@H]1NCCN2C(=O)CC[C@@H]12. The van der Waals surface area contributed by atoms with E-state index in [0.717, 1.165) is 25.9 Å². The number of amides is 1. The third kappa shape index (κ3) is 1.48. The molecule has 1 N–H and O–H groups in total. The number of nitrogens with one attached hydrogen (secondary N) is 1. The molecule has 0 radical (unpaired) electrons. The lowest BCUT2D eigenvalue weighted by Gasteiger charge is -2.37. The highest BCUT2D eigenvalue weighted by Gasteiger charge is 2.39. The highest BCUT2D eigenvalue weighted by atomic mass is 32.1. The van der Waals surface area contributed by atoms with Crippen molar-refractivity contribution in [1.82, 2.24) is 10.2 Å². The van der Waals surface area contributed by atoms with Gasteiger partial charge in [-0.25, -0.2) is 0 Å². The molecule has 1 aromatic rings. The van der Waals surface area contributed by atoms with Crippen molar-refractivity contribution in [1.29, 1.82) is 0 Å². The van der Waals surface area contributed by atoms with Crippen molar-refractivity contribution in [2.45, 2.75) is 31.8 Å². The van der Waals surface area contributed by atoms with Crippen molar-refractivity contribution in [2.75, 3.05) is 13.1 Å². The normalized spacial score (nSPS) is 29.6. The van der Waals surface area contributed by atoms with E-state index in [4.69, 9.17) is 0 Å². The maximum absolute atomic E-state index is 11.7. The molecule has 4 heteroatoms. The van der Waals surface area contributed by atoms with Crippen LogP contribution in [-0.2, 0) is 4.79 Å². The van der Waals surface area contributed by atoms with E-state index < -0.39 is 0 Å². The van der Waals surface area contributed by atoms with Crippen LogP contribution in [0.3, 0.4) is 0 Å². The molecule has 2 saturated heterocycles. The van der Waals surface area contributed by atoms with Crippen LogP contribution in [0.15, 0.2) is 10.8 Å². The van der Waals surface area contributed by atoms with Crippen molar-refractivity contribution in [3.63, 3.8) is 0 Å². The number of nitrogens with zero attached hydrogens (tertiary/aromatic N) is 1. The van der Waals surface area contributed by atoms with E-state index in [1.54, 1.807) is 11.3 Å². The molecule has 0 aliphatic carbocycles. The van der Waals surface area contributed by atoms with Crippen molar-refractivity contribution in [3.8, 4) is 0 Å². The van der Waals surface area contributed by atoms with Gasteiger partial charge in [0, 0.05) is 19.5 Å². The number of thiophene rings is 1. The molecule has 0 aromatic carbocycles. The van der Waals surface area contributed by atoms with Crippen LogP contribution in [0.25, 0.3) is 0 Å². The first-order valence-corrected chi connectivity index (χ1v) is 6.77. The first-order valence-electron chi connectivity index (χ1n) is 5.83. The Morgan fingerprint density at radius 1 is 1.50 bits per heavy atom. The second-order valence-electron chi connectivity index (χ2n) is 4.64. The molecular formula is C12H16N2OS. The van der Waals surface area contributed by atoms with Crippen LogP contribution in [0, 0.1) is 6.92 Å². The summed E-state index contributed by atoms with van der Waals surface area (Å²) in [5, 5.41) is 7.98. The van der Waals surface area contributed by atoms with Crippen LogP contribution < -0.4 is 5.32 Å². The Morgan fingerprint density at radius 2 is 2.38 bits per heavy atom. The summed E-state index contributed by atoms with van der Waals surface area (Å²) in [7, 11) is 0. The van der Waals surface area contributed by atoms with E-state index >= 15 is 0 Å². The molecular weight excluding hydrogens is 220 g/mol. The minimum Gasteiger partial charge on any atom is -0.337 e. The monoisotopic (exact) mass is 236 g/mol. The Morgan fingerprint density at radius 3 is 3.12 bits per heavy atom. The fourth-order valence-corrected chi connectivity index (χ4v) is 3.76. The molecule has 2 aliphatic heterocycles. The molecule has 1 aromatic heterocycles. The average Bonchev–Trinajstić information content (AvgIpc) is 2.86. The number of piperazine rings is 1. The van der Waals surface area contributed by atoms with Gasteiger partial charge in [-0.15, -0.1) is 0 Å². The highest BCUT2D eigenvalue weighted by molar-refractivity contribution is 7.08.